The summed E-state index contributed by atoms with van der Waals surface area (Å²) in [5.74, 6) is -0.0453. The Kier molecular flexibility index (Phi) is 4.83. The maximum absolute atomic E-state index is 12.2. The van der Waals surface area contributed by atoms with Crippen molar-refractivity contribution in [1.82, 2.24) is 9.97 Å². The minimum atomic E-state index is -0.0453. The van der Waals surface area contributed by atoms with Crippen molar-refractivity contribution in [3.05, 3.63) is 63.8 Å². The summed E-state index contributed by atoms with van der Waals surface area (Å²) in [6.45, 7) is 1.93. The third-order valence-corrected chi connectivity index (χ3v) is 4.95. The van der Waals surface area contributed by atoms with Gasteiger partial charge in [-0.15, -0.1) is 11.3 Å². The number of hydrogen-bond donors (Lipinski definition) is 1. The first-order chi connectivity index (χ1) is 11.1. The van der Waals surface area contributed by atoms with Gasteiger partial charge in [-0.3, -0.25) is 9.78 Å². The molecule has 0 saturated heterocycles. The van der Waals surface area contributed by atoms with Crippen LogP contribution in [0.5, 0.6) is 0 Å². The third kappa shape index (κ3) is 4.03. The van der Waals surface area contributed by atoms with Gasteiger partial charge in [-0.1, -0.05) is 22.0 Å². The van der Waals surface area contributed by atoms with Gasteiger partial charge in [0.15, 0.2) is 0 Å². The monoisotopic (exact) mass is 387 g/mol. The Hall–Kier alpha value is -2.05. The zero-order valence-corrected chi connectivity index (χ0v) is 14.8. The Labute approximate surface area is 146 Å². The predicted octanol–water partition coefficient (Wildman–Crippen LogP) is 4.46. The molecule has 1 amide bonds. The highest BCUT2D eigenvalue weighted by Gasteiger charge is 2.13. The highest BCUT2D eigenvalue weighted by Crippen LogP contribution is 2.28. The van der Waals surface area contributed by atoms with Crippen molar-refractivity contribution in [2.45, 2.75) is 13.3 Å². The molecule has 0 fully saturated rings. The van der Waals surface area contributed by atoms with E-state index in [2.05, 4.69) is 31.2 Å². The molecule has 0 unspecified atom stereocenters. The molecule has 2 aromatic heterocycles. The van der Waals surface area contributed by atoms with Crippen LogP contribution < -0.4 is 5.32 Å². The highest BCUT2D eigenvalue weighted by atomic mass is 79.9. The molecule has 0 spiro atoms. The van der Waals surface area contributed by atoms with Gasteiger partial charge in [0.1, 0.15) is 5.01 Å². The maximum atomic E-state index is 12.2. The molecule has 6 heteroatoms. The Morgan fingerprint density at radius 3 is 2.78 bits per heavy atom. The van der Waals surface area contributed by atoms with Crippen LogP contribution in [0.4, 0.5) is 5.69 Å². The standard InChI is InChI=1S/C17H14BrN3OS/c1-11-15(23-17(20-11)12-5-7-19-8-6-12)10-16(22)21-14-4-2-3-13(18)9-14/h2-9H,10H2,1H3,(H,21,22). The zero-order chi connectivity index (χ0) is 16.2. The fraction of sp³-hybridized carbons (Fsp3) is 0.118. The van der Waals surface area contributed by atoms with E-state index >= 15 is 0 Å². The van der Waals surface area contributed by atoms with Crippen LogP contribution in [0.2, 0.25) is 0 Å². The van der Waals surface area contributed by atoms with Crippen LogP contribution in [-0.4, -0.2) is 15.9 Å². The lowest BCUT2D eigenvalue weighted by Gasteiger charge is -2.04. The number of benzene rings is 1. The summed E-state index contributed by atoms with van der Waals surface area (Å²) in [6.07, 6.45) is 3.80. The van der Waals surface area contributed by atoms with Gasteiger partial charge in [0.05, 0.1) is 12.1 Å². The van der Waals surface area contributed by atoms with Gasteiger partial charge in [-0.2, -0.15) is 0 Å². The summed E-state index contributed by atoms with van der Waals surface area (Å²) in [5, 5.41) is 3.82. The molecular weight excluding hydrogens is 374 g/mol. The second kappa shape index (κ2) is 7.02. The van der Waals surface area contributed by atoms with Crippen molar-refractivity contribution in [3.8, 4) is 10.6 Å². The van der Waals surface area contributed by atoms with Crippen molar-refractivity contribution in [2.24, 2.45) is 0 Å². The molecule has 0 aliphatic rings. The SMILES string of the molecule is Cc1nc(-c2ccncc2)sc1CC(=O)Nc1cccc(Br)c1. The van der Waals surface area contributed by atoms with E-state index in [0.29, 0.717) is 6.42 Å². The number of anilines is 1. The largest absolute Gasteiger partial charge is 0.326 e. The van der Waals surface area contributed by atoms with Crippen molar-refractivity contribution < 1.29 is 4.79 Å². The molecule has 116 valence electrons. The zero-order valence-electron chi connectivity index (χ0n) is 12.4. The van der Waals surface area contributed by atoms with E-state index in [0.717, 1.165) is 31.3 Å². The fourth-order valence-corrected chi connectivity index (χ4v) is 3.59. The molecule has 1 N–H and O–H groups in total. The molecule has 4 nitrogen and oxygen atoms in total. The van der Waals surface area contributed by atoms with Crippen LogP contribution in [0.1, 0.15) is 10.6 Å². The van der Waals surface area contributed by atoms with E-state index in [4.69, 9.17) is 0 Å². The number of aryl methyl sites for hydroxylation is 1. The highest BCUT2D eigenvalue weighted by molar-refractivity contribution is 9.10. The molecule has 3 rings (SSSR count). The van der Waals surface area contributed by atoms with Crippen LogP contribution in [-0.2, 0) is 11.2 Å². The number of nitrogens with zero attached hydrogens (tertiary/aromatic N) is 2. The normalized spacial score (nSPS) is 10.5. The van der Waals surface area contributed by atoms with Crippen molar-refractivity contribution >= 4 is 38.9 Å². The lowest BCUT2D eigenvalue weighted by atomic mass is 10.2. The molecule has 0 saturated carbocycles. The summed E-state index contributed by atoms with van der Waals surface area (Å²) < 4.78 is 0.934. The molecule has 0 radical (unpaired) electrons. The first kappa shape index (κ1) is 15.8. The van der Waals surface area contributed by atoms with Crippen molar-refractivity contribution in [1.29, 1.82) is 0 Å². The molecule has 2 heterocycles. The number of carbonyl (C=O) groups is 1. The number of thiazole rings is 1. The number of rotatable bonds is 4. The van der Waals surface area contributed by atoms with Crippen molar-refractivity contribution in [2.75, 3.05) is 5.32 Å². The average molecular weight is 388 g/mol. The van der Waals surface area contributed by atoms with Gasteiger partial charge in [0.2, 0.25) is 5.91 Å². The van der Waals surface area contributed by atoms with Gasteiger partial charge in [0.25, 0.3) is 0 Å². The van der Waals surface area contributed by atoms with E-state index in [1.54, 1.807) is 23.7 Å². The Morgan fingerprint density at radius 1 is 1.26 bits per heavy atom. The number of nitrogens with one attached hydrogen (secondary N) is 1. The number of pyridine rings is 1. The number of carbonyl (C=O) groups excluding carboxylic acids is 1. The molecule has 0 aliphatic heterocycles. The third-order valence-electron chi connectivity index (χ3n) is 3.25. The van der Waals surface area contributed by atoms with E-state index in [9.17, 15) is 4.79 Å². The first-order valence-electron chi connectivity index (χ1n) is 7.04. The van der Waals surface area contributed by atoms with E-state index in [1.165, 1.54) is 0 Å². The first-order valence-corrected chi connectivity index (χ1v) is 8.65. The van der Waals surface area contributed by atoms with Crippen LogP contribution in [0.25, 0.3) is 10.6 Å². The summed E-state index contributed by atoms with van der Waals surface area (Å²) in [6, 6.07) is 11.4. The summed E-state index contributed by atoms with van der Waals surface area (Å²) in [5.41, 5.74) is 2.69. The maximum Gasteiger partial charge on any atom is 0.229 e. The quantitative estimate of drug-likeness (QED) is 0.718. The van der Waals surface area contributed by atoms with Gasteiger partial charge in [-0.25, -0.2) is 4.98 Å². The summed E-state index contributed by atoms with van der Waals surface area (Å²) >= 11 is 4.94. The molecule has 0 atom stereocenters. The minimum absolute atomic E-state index is 0.0453. The molecule has 0 bridgehead atoms. The Balaban J connectivity index is 1.73. The van der Waals surface area contributed by atoms with Crippen LogP contribution in [0.15, 0.2) is 53.3 Å². The smallest absolute Gasteiger partial charge is 0.229 e. The van der Waals surface area contributed by atoms with Gasteiger partial charge < -0.3 is 5.32 Å². The Bertz CT molecular complexity index is 833. The van der Waals surface area contributed by atoms with E-state index < -0.39 is 0 Å². The topological polar surface area (TPSA) is 54.9 Å². The molecule has 0 aliphatic carbocycles. The minimum Gasteiger partial charge on any atom is -0.326 e. The van der Waals surface area contributed by atoms with Crippen LogP contribution in [0, 0.1) is 6.92 Å². The summed E-state index contributed by atoms with van der Waals surface area (Å²) in [4.78, 5) is 21.8. The molecule has 23 heavy (non-hydrogen) atoms. The summed E-state index contributed by atoms with van der Waals surface area (Å²) in [7, 11) is 0. The lowest BCUT2D eigenvalue weighted by molar-refractivity contribution is -0.115. The van der Waals surface area contributed by atoms with Crippen LogP contribution >= 0.6 is 27.3 Å². The molecule has 3 aromatic rings. The second-order valence-electron chi connectivity index (χ2n) is 5.00. The fourth-order valence-electron chi connectivity index (χ4n) is 2.13. The lowest BCUT2D eigenvalue weighted by Crippen LogP contribution is -2.14. The van der Waals surface area contributed by atoms with Crippen molar-refractivity contribution in [3.63, 3.8) is 0 Å². The van der Waals surface area contributed by atoms with Crippen LogP contribution in [0.3, 0.4) is 0 Å². The van der Waals surface area contributed by atoms with E-state index in [-0.39, 0.29) is 5.91 Å². The number of halogens is 1. The number of aromatic nitrogens is 2. The van der Waals surface area contributed by atoms with E-state index in [1.807, 2.05) is 43.3 Å². The second-order valence-corrected chi connectivity index (χ2v) is 7.00. The number of amides is 1. The molecule has 1 aromatic carbocycles. The van der Waals surface area contributed by atoms with Gasteiger partial charge >= 0.3 is 0 Å². The number of hydrogen-bond acceptors (Lipinski definition) is 4. The predicted molar refractivity (Wildman–Crippen MR) is 96.6 cm³/mol. The molecular formula is C17H14BrN3OS. The Morgan fingerprint density at radius 2 is 2.04 bits per heavy atom. The van der Waals surface area contributed by atoms with Gasteiger partial charge in [-0.05, 0) is 37.3 Å². The average Bonchev–Trinajstić information content (AvgIpc) is 2.89. The van der Waals surface area contributed by atoms with Gasteiger partial charge in [0, 0.05) is 33.0 Å².